The molecule has 3 rings (SSSR count). The van der Waals surface area contributed by atoms with Crippen LogP contribution in [0.1, 0.15) is 19.2 Å². The highest BCUT2D eigenvalue weighted by atomic mass is 16.5. The van der Waals surface area contributed by atoms with Crippen LogP contribution in [0.2, 0.25) is 0 Å². The van der Waals surface area contributed by atoms with Crippen molar-refractivity contribution in [2.45, 2.75) is 19.9 Å². The maximum absolute atomic E-state index is 11.5. The minimum atomic E-state index is 0.134. The Balaban J connectivity index is 1.64. The number of benzene rings is 1. The normalized spacial score (nSPS) is 16.0. The third kappa shape index (κ3) is 3.91. The summed E-state index contributed by atoms with van der Waals surface area (Å²) >= 11 is 0. The Labute approximate surface area is 141 Å². The van der Waals surface area contributed by atoms with E-state index in [0.29, 0.717) is 18.3 Å². The number of rotatable bonds is 4. The predicted molar refractivity (Wildman–Crippen MR) is 88.4 cm³/mol. The van der Waals surface area contributed by atoms with Gasteiger partial charge in [0.05, 0.1) is 13.7 Å². The summed E-state index contributed by atoms with van der Waals surface area (Å²) in [5.74, 6) is 2.04. The van der Waals surface area contributed by atoms with Gasteiger partial charge < -0.3 is 14.2 Å². The zero-order valence-electron chi connectivity index (χ0n) is 14.1. The number of carbonyl (C=O) groups excluding carboxylic acids is 1. The van der Waals surface area contributed by atoms with E-state index >= 15 is 0 Å². The Morgan fingerprint density at radius 2 is 2.17 bits per heavy atom. The lowest BCUT2D eigenvalue weighted by atomic mass is 10.2. The molecule has 0 N–H and O–H groups in total. The molecule has 1 aliphatic rings. The summed E-state index contributed by atoms with van der Waals surface area (Å²) in [4.78, 5) is 20.1. The van der Waals surface area contributed by atoms with Crippen LogP contribution in [0.5, 0.6) is 5.75 Å². The van der Waals surface area contributed by atoms with Crippen LogP contribution in [0.4, 0.5) is 0 Å². The largest absolute Gasteiger partial charge is 0.497 e. The summed E-state index contributed by atoms with van der Waals surface area (Å²) in [6, 6.07) is 7.58. The van der Waals surface area contributed by atoms with Crippen LogP contribution < -0.4 is 4.74 Å². The van der Waals surface area contributed by atoms with E-state index in [0.717, 1.165) is 43.9 Å². The second kappa shape index (κ2) is 7.44. The van der Waals surface area contributed by atoms with Crippen molar-refractivity contribution in [3.8, 4) is 17.1 Å². The molecule has 1 fully saturated rings. The summed E-state index contributed by atoms with van der Waals surface area (Å²) in [6.45, 7) is 5.50. The minimum Gasteiger partial charge on any atom is -0.497 e. The van der Waals surface area contributed by atoms with Crippen molar-refractivity contribution in [3.63, 3.8) is 0 Å². The number of amides is 1. The number of ether oxygens (including phenoxy) is 1. The zero-order chi connectivity index (χ0) is 16.9. The summed E-state index contributed by atoms with van der Waals surface area (Å²) in [6.07, 6.45) is 0.955. The average Bonchev–Trinajstić information content (AvgIpc) is 2.92. The van der Waals surface area contributed by atoms with Crippen LogP contribution in [0.15, 0.2) is 28.8 Å². The highest BCUT2D eigenvalue weighted by Crippen LogP contribution is 2.21. The van der Waals surface area contributed by atoms with Crippen molar-refractivity contribution in [3.05, 3.63) is 30.2 Å². The summed E-state index contributed by atoms with van der Waals surface area (Å²) in [5, 5.41) is 4.06. The first-order valence-electron chi connectivity index (χ1n) is 8.10. The SMILES string of the molecule is COc1cccc(-c2noc(CN3CCCN(C(C)=O)CC3)n2)c1. The Morgan fingerprint density at radius 1 is 1.29 bits per heavy atom. The molecule has 128 valence electrons. The number of nitrogens with zero attached hydrogens (tertiary/aromatic N) is 4. The van der Waals surface area contributed by atoms with Crippen LogP contribution in [-0.4, -0.2) is 59.1 Å². The van der Waals surface area contributed by atoms with Crippen LogP contribution in [0, 0.1) is 0 Å². The second-order valence-corrected chi connectivity index (χ2v) is 5.88. The fourth-order valence-corrected chi connectivity index (χ4v) is 2.83. The van der Waals surface area contributed by atoms with E-state index < -0.39 is 0 Å². The Kier molecular flexibility index (Phi) is 5.10. The third-order valence-electron chi connectivity index (χ3n) is 4.19. The number of hydrogen-bond acceptors (Lipinski definition) is 6. The second-order valence-electron chi connectivity index (χ2n) is 5.88. The molecule has 1 aromatic heterocycles. The van der Waals surface area contributed by atoms with Gasteiger partial charge in [-0.15, -0.1) is 0 Å². The maximum atomic E-state index is 11.5. The van der Waals surface area contributed by atoms with E-state index in [4.69, 9.17) is 9.26 Å². The highest BCUT2D eigenvalue weighted by molar-refractivity contribution is 5.73. The molecule has 7 nitrogen and oxygen atoms in total. The molecule has 0 radical (unpaired) electrons. The highest BCUT2D eigenvalue weighted by Gasteiger charge is 2.19. The topological polar surface area (TPSA) is 71.7 Å². The lowest BCUT2D eigenvalue weighted by Crippen LogP contribution is -2.33. The van der Waals surface area contributed by atoms with Gasteiger partial charge in [0, 0.05) is 38.7 Å². The van der Waals surface area contributed by atoms with Crippen LogP contribution in [-0.2, 0) is 11.3 Å². The average molecular weight is 330 g/mol. The first-order valence-corrected chi connectivity index (χ1v) is 8.10. The Bertz CT molecular complexity index is 701. The number of methoxy groups -OCH3 is 1. The molecule has 1 aromatic carbocycles. The van der Waals surface area contributed by atoms with Crippen LogP contribution in [0.3, 0.4) is 0 Å². The number of carbonyl (C=O) groups is 1. The lowest BCUT2D eigenvalue weighted by molar-refractivity contribution is -0.128. The van der Waals surface area contributed by atoms with Gasteiger partial charge in [-0.25, -0.2) is 0 Å². The van der Waals surface area contributed by atoms with Crippen molar-refractivity contribution in [2.24, 2.45) is 0 Å². The van der Waals surface area contributed by atoms with Crippen LogP contribution in [0.25, 0.3) is 11.4 Å². The Hall–Kier alpha value is -2.41. The van der Waals surface area contributed by atoms with Gasteiger partial charge in [-0.1, -0.05) is 17.3 Å². The van der Waals surface area contributed by atoms with Crippen molar-refractivity contribution in [2.75, 3.05) is 33.3 Å². The molecular formula is C17H22N4O3. The van der Waals surface area contributed by atoms with E-state index in [-0.39, 0.29) is 5.91 Å². The summed E-state index contributed by atoms with van der Waals surface area (Å²) < 4.78 is 10.6. The first-order chi connectivity index (χ1) is 11.7. The smallest absolute Gasteiger partial charge is 0.241 e. The standard InChI is InChI=1S/C17H22N4O3/c1-13(22)21-8-4-7-20(9-10-21)12-16-18-17(19-24-16)14-5-3-6-15(11-14)23-2/h3,5-6,11H,4,7-10,12H2,1-2H3. The van der Waals surface area contributed by atoms with Gasteiger partial charge >= 0.3 is 0 Å². The van der Waals surface area contributed by atoms with Gasteiger partial charge in [0.25, 0.3) is 0 Å². The number of hydrogen-bond donors (Lipinski definition) is 0. The molecule has 0 aliphatic carbocycles. The van der Waals surface area contributed by atoms with Crippen molar-refractivity contribution in [1.29, 1.82) is 0 Å². The zero-order valence-corrected chi connectivity index (χ0v) is 14.1. The first kappa shape index (κ1) is 16.4. The molecule has 0 bridgehead atoms. The predicted octanol–water partition coefficient (Wildman–Crippen LogP) is 1.80. The van der Waals surface area contributed by atoms with E-state index in [2.05, 4.69) is 15.0 Å². The Morgan fingerprint density at radius 3 is 2.96 bits per heavy atom. The molecule has 7 heteroatoms. The number of aromatic nitrogens is 2. The molecule has 0 saturated carbocycles. The molecule has 1 amide bonds. The van der Waals surface area contributed by atoms with Gasteiger partial charge in [-0.2, -0.15) is 4.98 Å². The molecule has 0 atom stereocenters. The van der Waals surface area contributed by atoms with Crippen molar-refractivity contribution >= 4 is 5.91 Å². The van der Waals surface area contributed by atoms with Gasteiger partial charge in [-0.05, 0) is 18.6 Å². The fraction of sp³-hybridized carbons (Fsp3) is 0.471. The molecule has 0 unspecified atom stereocenters. The lowest BCUT2D eigenvalue weighted by Gasteiger charge is -2.19. The molecule has 1 saturated heterocycles. The maximum Gasteiger partial charge on any atom is 0.241 e. The molecule has 24 heavy (non-hydrogen) atoms. The van der Waals surface area contributed by atoms with E-state index in [1.165, 1.54) is 0 Å². The molecule has 2 aromatic rings. The van der Waals surface area contributed by atoms with Crippen LogP contribution >= 0.6 is 0 Å². The quantitative estimate of drug-likeness (QED) is 0.851. The van der Waals surface area contributed by atoms with E-state index in [9.17, 15) is 4.79 Å². The summed E-state index contributed by atoms with van der Waals surface area (Å²) in [5.41, 5.74) is 0.864. The minimum absolute atomic E-state index is 0.134. The molecular weight excluding hydrogens is 308 g/mol. The van der Waals surface area contributed by atoms with E-state index in [1.807, 2.05) is 29.2 Å². The summed E-state index contributed by atoms with van der Waals surface area (Å²) in [7, 11) is 1.63. The van der Waals surface area contributed by atoms with Crippen molar-refractivity contribution in [1.82, 2.24) is 19.9 Å². The molecule has 0 spiro atoms. The van der Waals surface area contributed by atoms with Gasteiger partial charge in [0.15, 0.2) is 0 Å². The molecule has 1 aliphatic heterocycles. The third-order valence-corrected chi connectivity index (χ3v) is 4.19. The van der Waals surface area contributed by atoms with Gasteiger partial charge in [0.1, 0.15) is 5.75 Å². The van der Waals surface area contributed by atoms with Gasteiger partial charge in [-0.3, -0.25) is 9.69 Å². The van der Waals surface area contributed by atoms with E-state index in [1.54, 1.807) is 14.0 Å². The van der Waals surface area contributed by atoms with Gasteiger partial charge in [0.2, 0.25) is 17.6 Å². The fourth-order valence-electron chi connectivity index (χ4n) is 2.83. The van der Waals surface area contributed by atoms with Crippen molar-refractivity contribution < 1.29 is 14.1 Å². The molecule has 2 heterocycles. The monoisotopic (exact) mass is 330 g/mol.